The molecule has 1 amide bonds. The van der Waals surface area contributed by atoms with Crippen LogP contribution in [0.2, 0.25) is 0 Å². The van der Waals surface area contributed by atoms with Crippen LogP contribution in [0.5, 0.6) is 11.5 Å². The third kappa shape index (κ3) is 6.16. The largest absolute Gasteiger partial charge is 0.497 e. The van der Waals surface area contributed by atoms with Crippen molar-refractivity contribution >= 4 is 23.8 Å². The lowest BCUT2D eigenvalue weighted by Crippen LogP contribution is -2.25. The number of rotatable bonds is 9. The van der Waals surface area contributed by atoms with Crippen LogP contribution in [0, 0.1) is 0 Å². The lowest BCUT2D eigenvalue weighted by molar-refractivity contribution is -0.139. The van der Waals surface area contributed by atoms with E-state index in [1.807, 2.05) is 0 Å². The number of hydrogen-bond donors (Lipinski definition) is 3. The molecule has 0 bridgehead atoms. The average molecular weight is 357 g/mol. The van der Waals surface area contributed by atoms with E-state index in [1.165, 1.54) is 6.21 Å². The smallest absolute Gasteiger partial charge is 0.341 e. The number of hydrazone groups is 1. The minimum atomic E-state index is -1.07. The highest BCUT2D eigenvalue weighted by molar-refractivity contribution is 5.86. The molecule has 0 aliphatic carbocycles. The lowest BCUT2D eigenvalue weighted by Gasteiger charge is -2.07. The fraction of sp³-hybridized carbons (Fsp3) is 0.167. The summed E-state index contributed by atoms with van der Waals surface area (Å²) in [5, 5.41) is 15.5. The molecule has 136 valence electrons. The Balaban J connectivity index is 1.83. The molecule has 0 radical (unpaired) electrons. The summed E-state index contributed by atoms with van der Waals surface area (Å²) in [5.41, 5.74) is 3.72. The Bertz CT molecular complexity index is 775. The molecule has 0 heterocycles. The van der Waals surface area contributed by atoms with Crippen LogP contribution in [-0.2, 0) is 9.59 Å². The molecule has 0 saturated heterocycles. The van der Waals surface area contributed by atoms with Crippen molar-refractivity contribution < 1.29 is 24.2 Å². The van der Waals surface area contributed by atoms with Crippen LogP contribution in [0.25, 0.3) is 0 Å². The number of ether oxygens (including phenoxy) is 2. The number of nitrogens with zero attached hydrogens (tertiary/aromatic N) is 1. The van der Waals surface area contributed by atoms with Gasteiger partial charge in [0.1, 0.15) is 11.5 Å². The fourth-order valence-electron chi connectivity index (χ4n) is 1.96. The number of methoxy groups -OCH3 is 1. The van der Waals surface area contributed by atoms with Gasteiger partial charge in [-0.25, -0.2) is 10.2 Å². The van der Waals surface area contributed by atoms with E-state index in [-0.39, 0.29) is 12.5 Å². The van der Waals surface area contributed by atoms with Gasteiger partial charge in [0, 0.05) is 11.3 Å². The van der Waals surface area contributed by atoms with E-state index in [2.05, 4.69) is 15.8 Å². The summed E-state index contributed by atoms with van der Waals surface area (Å²) < 4.78 is 10.2. The van der Waals surface area contributed by atoms with Crippen molar-refractivity contribution in [2.45, 2.75) is 0 Å². The first-order chi connectivity index (χ1) is 12.6. The molecule has 0 atom stereocenters. The number of carboxylic acids is 1. The van der Waals surface area contributed by atoms with Crippen LogP contribution in [0.15, 0.2) is 53.6 Å². The maximum atomic E-state index is 11.8. The minimum absolute atomic E-state index is 0.0425. The summed E-state index contributed by atoms with van der Waals surface area (Å²) in [6.07, 6.45) is 1.39. The number of para-hydroxylation sites is 1. The van der Waals surface area contributed by atoms with Gasteiger partial charge in [-0.15, -0.1) is 0 Å². The lowest BCUT2D eigenvalue weighted by atomic mass is 10.2. The normalized spacial score (nSPS) is 10.3. The molecule has 8 heteroatoms. The van der Waals surface area contributed by atoms with Gasteiger partial charge in [0.15, 0.2) is 6.61 Å². The Morgan fingerprint density at radius 3 is 2.58 bits per heavy atom. The van der Waals surface area contributed by atoms with Crippen LogP contribution in [-0.4, -0.2) is 43.5 Å². The number of carbonyl (C=O) groups is 2. The second-order valence-electron chi connectivity index (χ2n) is 5.10. The van der Waals surface area contributed by atoms with E-state index >= 15 is 0 Å². The highest BCUT2D eigenvalue weighted by Gasteiger charge is 2.04. The summed E-state index contributed by atoms with van der Waals surface area (Å²) in [5.74, 6) is -0.312. The monoisotopic (exact) mass is 357 g/mol. The molecule has 2 aromatic carbocycles. The molecular weight excluding hydrogens is 338 g/mol. The first-order valence-corrected chi connectivity index (χ1v) is 7.72. The van der Waals surface area contributed by atoms with Gasteiger partial charge in [0.2, 0.25) is 0 Å². The van der Waals surface area contributed by atoms with Crippen molar-refractivity contribution in [2.75, 3.05) is 25.6 Å². The fourth-order valence-corrected chi connectivity index (χ4v) is 1.96. The van der Waals surface area contributed by atoms with Gasteiger partial charge in [-0.2, -0.15) is 5.10 Å². The van der Waals surface area contributed by atoms with Gasteiger partial charge in [0.05, 0.1) is 19.9 Å². The molecule has 0 fully saturated rings. The maximum absolute atomic E-state index is 11.8. The maximum Gasteiger partial charge on any atom is 0.341 e. The molecule has 0 spiro atoms. The van der Waals surface area contributed by atoms with Crippen LogP contribution >= 0.6 is 0 Å². The Morgan fingerprint density at radius 2 is 1.88 bits per heavy atom. The highest BCUT2D eigenvalue weighted by Crippen LogP contribution is 2.16. The number of benzene rings is 2. The van der Waals surface area contributed by atoms with Gasteiger partial charge in [-0.05, 0) is 36.4 Å². The molecule has 0 aliphatic rings. The molecule has 0 saturated carbocycles. The number of anilines is 1. The van der Waals surface area contributed by atoms with E-state index < -0.39 is 12.6 Å². The second kappa shape index (κ2) is 9.67. The Labute approximate surface area is 150 Å². The first kappa shape index (κ1) is 18.8. The third-order valence-electron chi connectivity index (χ3n) is 3.21. The van der Waals surface area contributed by atoms with Gasteiger partial charge in [-0.1, -0.05) is 12.1 Å². The van der Waals surface area contributed by atoms with E-state index in [1.54, 1.807) is 55.6 Å². The van der Waals surface area contributed by atoms with Gasteiger partial charge < -0.3 is 19.9 Å². The number of carboxylic acid groups (broad SMARTS) is 1. The topological polar surface area (TPSA) is 109 Å². The molecule has 2 rings (SSSR count). The Hall–Kier alpha value is -3.55. The SMILES string of the molecule is COc1ccc(NCC(=O)N/N=C\c2ccccc2OCC(=O)O)cc1. The highest BCUT2D eigenvalue weighted by atomic mass is 16.5. The van der Waals surface area contributed by atoms with Gasteiger partial charge >= 0.3 is 5.97 Å². The zero-order valence-electron chi connectivity index (χ0n) is 14.1. The van der Waals surface area contributed by atoms with Crippen molar-refractivity contribution in [3.63, 3.8) is 0 Å². The molecule has 2 aromatic rings. The van der Waals surface area contributed by atoms with Crippen LogP contribution in [0.3, 0.4) is 0 Å². The Kier molecular flexibility index (Phi) is 6.99. The predicted molar refractivity (Wildman–Crippen MR) is 96.8 cm³/mol. The van der Waals surface area contributed by atoms with Crippen LogP contribution in [0.4, 0.5) is 5.69 Å². The summed E-state index contributed by atoms with van der Waals surface area (Å²) in [6, 6.07) is 13.9. The summed E-state index contributed by atoms with van der Waals surface area (Å²) >= 11 is 0. The zero-order valence-corrected chi connectivity index (χ0v) is 14.1. The number of nitrogens with one attached hydrogen (secondary N) is 2. The molecule has 26 heavy (non-hydrogen) atoms. The average Bonchev–Trinajstić information content (AvgIpc) is 2.66. The summed E-state index contributed by atoms with van der Waals surface area (Å²) in [4.78, 5) is 22.4. The van der Waals surface area contributed by atoms with Crippen LogP contribution < -0.4 is 20.2 Å². The predicted octanol–water partition coefficient (Wildman–Crippen LogP) is 1.72. The first-order valence-electron chi connectivity index (χ1n) is 7.72. The molecular formula is C18H19N3O5. The van der Waals surface area contributed by atoms with E-state index in [0.29, 0.717) is 11.3 Å². The van der Waals surface area contributed by atoms with Crippen molar-refractivity contribution in [3.8, 4) is 11.5 Å². The molecule has 3 N–H and O–H groups in total. The van der Waals surface area contributed by atoms with Crippen LogP contribution in [0.1, 0.15) is 5.56 Å². The molecule has 8 nitrogen and oxygen atoms in total. The zero-order chi connectivity index (χ0) is 18.8. The Morgan fingerprint density at radius 1 is 1.15 bits per heavy atom. The van der Waals surface area contributed by atoms with E-state index in [9.17, 15) is 9.59 Å². The van der Waals surface area contributed by atoms with E-state index in [0.717, 1.165) is 11.4 Å². The number of aliphatic carboxylic acids is 1. The van der Waals surface area contributed by atoms with E-state index in [4.69, 9.17) is 14.6 Å². The minimum Gasteiger partial charge on any atom is -0.497 e. The standard InChI is InChI=1S/C18H19N3O5/c1-25-15-8-6-14(7-9-15)19-11-17(22)21-20-10-13-4-2-3-5-16(13)26-12-18(23)24/h2-10,19H,11-12H2,1H3,(H,21,22)(H,23,24)/b20-10-. The number of amides is 1. The summed E-state index contributed by atoms with van der Waals surface area (Å²) in [6.45, 7) is -0.413. The van der Waals surface area contributed by atoms with Gasteiger partial charge in [-0.3, -0.25) is 4.79 Å². The molecule has 0 aromatic heterocycles. The van der Waals surface area contributed by atoms with Crippen molar-refractivity contribution in [2.24, 2.45) is 5.10 Å². The number of hydrogen-bond acceptors (Lipinski definition) is 6. The quantitative estimate of drug-likeness (QED) is 0.466. The molecule has 0 aliphatic heterocycles. The van der Waals surface area contributed by atoms with Crippen molar-refractivity contribution in [1.82, 2.24) is 5.43 Å². The van der Waals surface area contributed by atoms with Crippen molar-refractivity contribution in [1.29, 1.82) is 0 Å². The second-order valence-corrected chi connectivity index (χ2v) is 5.10. The number of carbonyl (C=O) groups excluding carboxylic acids is 1. The summed E-state index contributed by atoms with van der Waals surface area (Å²) in [7, 11) is 1.58. The third-order valence-corrected chi connectivity index (χ3v) is 3.21. The molecule has 0 unspecified atom stereocenters. The van der Waals surface area contributed by atoms with Crippen molar-refractivity contribution in [3.05, 3.63) is 54.1 Å². The van der Waals surface area contributed by atoms with Gasteiger partial charge in [0.25, 0.3) is 5.91 Å².